The van der Waals surface area contributed by atoms with Crippen molar-refractivity contribution >= 4 is 29.3 Å². The molecule has 0 aliphatic carbocycles. The smallest absolute Gasteiger partial charge is 0.408 e. The number of ether oxygens (including phenoxy) is 2. The molecule has 3 aliphatic heterocycles. The van der Waals surface area contributed by atoms with E-state index >= 15 is 4.79 Å². The Morgan fingerprint density at radius 2 is 1.53 bits per heavy atom. The van der Waals surface area contributed by atoms with E-state index in [1.807, 2.05) is 110 Å². The highest BCUT2D eigenvalue weighted by atomic mass is 16.6. The number of rotatable bonds is 8. The van der Waals surface area contributed by atoms with E-state index in [1.165, 1.54) is 5.56 Å². The molecule has 0 saturated carbocycles. The summed E-state index contributed by atoms with van der Waals surface area (Å²) in [5.41, 5.74) is 10.3. The van der Waals surface area contributed by atoms with Crippen LogP contribution in [0, 0.1) is 13.8 Å². The first-order valence-corrected chi connectivity index (χ1v) is 20.2. The third kappa shape index (κ3) is 7.84. The second-order valence-electron chi connectivity index (χ2n) is 15.9. The molecule has 58 heavy (non-hydrogen) atoms. The number of hydrogen-bond acceptors (Lipinski definition) is 7. The Bertz CT molecular complexity index is 2360. The largest absolute Gasteiger partial charge is 0.415 e. The van der Waals surface area contributed by atoms with Gasteiger partial charge in [0.2, 0.25) is 0 Å². The number of fused-ring (bicyclic) bond motifs is 2. The predicted octanol–water partition coefficient (Wildman–Crippen LogP) is 7.08. The summed E-state index contributed by atoms with van der Waals surface area (Å²) in [4.78, 5) is 51.0. The van der Waals surface area contributed by atoms with Gasteiger partial charge < -0.3 is 34.1 Å². The van der Waals surface area contributed by atoms with Crippen LogP contribution in [-0.2, 0) is 37.7 Å². The topological polar surface area (TPSA) is 99.6 Å². The summed E-state index contributed by atoms with van der Waals surface area (Å²) in [6, 6.07) is 29.6. The molecule has 0 bridgehead atoms. The van der Waals surface area contributed by atoms with Gasteiger partial charge in [-0.3, -0.25) is 14.5 Å². The summed E-state index contributed by atoms with van der Waals surface area (Å²) in [5, 5.41) is 3.10. The number of anilines is 2. The lowest BCUT2D eigenvalue weighted by atomic mass is 9.89. The Hall–Kier alpha value is -5.91. The van der Waals surface area contributed by atoms with Crippen molar-refractivity contribution in [2.75, 3.05) is 63.7 Å². The van der Waals surface area contributed by atoms with Gasteiger partial charge >= 0.3 is 6.09 Å². The predicted molar refractivity (Wildman–Crippen MR) is 227 cm³/mol. The average Bonchev–Trinajstić information content (AvgIpc) is 3.53. The van der Waals surface area contributed by atoms with Gasteiger partial charge in [0.05, 0.1) is 24.5 Å². The number of aryl methyl sites for hydroxylation is 1. The van der Waals surface area contributed by atoms with Crippen LogP contribution in [0.4, 0.5) is 16.2 Å². The van der Waals surface area contributed by atoms with Gasteiger partial charge in [0.25, 0.3) is 11.8 Å². The minimum Gasteiger partial charge on any atom is -0.408 e. The van der Waals surface area contributed by atoms with Crippen molar-refractivity contribution in [1.82, 2.24) is 19.3 Å². The van der Waals surface area contributed by atoms with Gasteiger partial charge in [-0.1, -0.05) is 54.6 Å². The zero-order chi connectivity index (χ0) is 40.5. The number of hydrogen-bond donors (Lipinski definition) is 1. The normalized spacial score (nSPS) is 16.7. The molecule has 0 unspecified atom stereocenters. The second kappa shape index (κ2) is 16.5. The fourth-order valence-corrected chi connectivity index (χ4v) is 8.54. The number of carbonyl (C=O) groups is 3. The van der Waals surface area contributed by atoms with Crippen LogP contribution < -0.4 is 15.0 Å². The maximum absolute atomic E-state index is 15.4. The maximum atomic E-state index is 15.4. The summed E-state index contributed by atoms with van der Waals surface area (Å²) in [6.45, 7) is 8.91. The third-order valence-electron chi connectivity index (χ3n) is 12.0. The number of aromatic nitrogens is 1. The highest BCUT2D eigenvalue weighted by Crippen LogP contribution is 2.36. The molecule has 11 nitrogen and oxygen atoms in total. The molecule has 1 aromatic heterocycles. The highest BCUT2D eigenvalue weighted by Gasteiger charge is 2.35. The number of carbonyl (C=O) groups excluding carboxylic acids is 3. The number of morpholine rings is 1. The Balaban J connectivity index is 1.18. The molecular weight excluding hydrogens is 729 g/mol. The van der Waals surface area contributed by atoms with Gasteiger partial charge in [-0.15, -0.1) is 0 Å². The summed E-state index contributed by atoms with van der Waals surface area (Å²) in [5.74, 6) is 0.213. The lowest BCUT2D eigenvalue weighted by Gasteiger charge is -2.41. The zero-order valence-corrected chi connectivity index (χ0v) is 34.1. The highest BCUT2D eigenvalue weighted by molar-refractivity contribution is 6.07. The Morgan fingerprint density at radius 1 is 0.810 bits per heavy atom. The van der Waals surface area contributed by atoms with E-state index in [0.29, 0.717) is 56.1 Å². The van der Waals surface area contributed by atoms with Gasteiger partial charge in [0, 0.05) is 94.7 Å². The number of amides is 3. The van der Waals surface area contributed by atoms with Crippen LogP contribution in [-0.4, -0.2) is 96.7 Å². The Labute approximate surface area is 340 Å². The molecular formula is C47H52N6O5. The summed E-state index contributed by atoms with van der Waals surface area (Å²) >= 11 is 0. The van der Waals surface area contributed by atoms with E-state index < -0.39 is 6.09 Å². The first-order chi connectivity index (χ1) is 28.0. The lowest BCUT2D eigenvalue weighted by Crippen LogP contribution is -2.52. The van der Waals surface area contributed by atoms with Crippen LogP contribution in [0.15, 0.2) is 91.0 Å². The SMILES string of the molecule is Cc1ccccc1NC(=O)c1cc(-c2cc3c(cc2C(=O)N2Cc4ccccc4C[C@H]2CN2CCOCC2)CN(C(=O)Oc2ccccc2N(C)C)CC3)n(C)c1C. The van der Waals surface area contributed by atoms with Crippen LogP contribution >= 0.6 is 0 Å². The molecule has 4 aromatic carbocycles. The van der Waals surface area contributed by atoms with Crippen LogP contribution in [0.5, 0.6) is 5.75 Å². The molecule has 0 spiro atoms. The van der Waals surface area contributed by atoms with Crippen molar-refractivity contribution in [3.8, 4) is 17.0 Å². The van der Waals surface area contributed by atoms with Gasteiger partial charge in [-0.05, 0) is 90.9 Å². The van der Waals surface area contributed by atoms with Gasteiger partial charge in [0.15, 0.2) is 5.75 Å². The standard InChI is InChI=1S/C47H52N6O5/c1-31-12-6-9-15-41(31)48-45(54)38-27-43(50(5)32(38)2)39-25-34-18-19-52(47(56)58-44-17-11-10-16-42(44)49(3)4)28-36(34)26-40(39)46(55)53-29-35-14-8-7-13-33(35)24-37(53)30-51-20-22-57-23-21-51/h6-17,25-27,37H,18-24,28-30H2,1-5H3,(H,48,54)/t37-/m0/s1. The van der Waals surface area contributed by atoms with Gasteiger partial charge in [0.1, 0.15) is 0 Å². The minimum absolute atomic E-state index is 0.0572. The molecule has 1 fully saturated rings. The molecule has 1 saturated heterocycles. The molecule has 300 valence electrons. The summed E-state index contributed by atoms with van der Waals surface area (Å²) in [7, 11) is 5.78. The average molecular weight is 781 g/mol. The van der Waals surface area contributed by atoms with Crippen molar-refractivity contribution in [3.05, 3.63) is 136 Å². The van der Waals surface area contributed by atoms with Crippen LogP contribution in [0.1, 0.15) is 54.2 Å². The Kier molecular flexibility index (Phi) is 11.1. The van der Waals surface area contributed by atoms with E-state index in [9.17, 15) is 9.59 Å². The van der Waals surface area contributed by atoms with Crippen LogP contribution in [0.2, 0.25) is 0 Å². The summed E-state index contributed by atoms with van der Waals surface area (Å²) in [6.07, 6.45) is 0.903. The Morgan fingerprint density at radius 3 is 2.31 bits per heavy atom. The van der Waals surface area contributed by atoms with Crippen LogP contribution in [0.3, 0.4) is 0 Å². The monoisotopic (exact) mass is 780 g/mol. The quantitative estimate of drug-likeness (QED) is 0.180. The maximum Gasteiger partial charge on any atom is 0.415 e. The van der Waals surface area contributed by atoms with Crippen LogP contribution in [0.25, 0.3) is 11.3 Å². The van der Waals surface area contributed by atoms with E-state index in [4.69, 9.17) is 9.47 Å². The number of nitrogens with one attached hydrogen (secondary N) is 1. The molecule has 0 radical (unpaired) electrons. The van der Waals surface area contributed by atoms with E-state index in [2.05, 4.69) is 34.5 Å². The van der Waals surface area contributed by atoms with Crippen molar-refractivity contribution in [2.24, 2.45) is 7.05 Å². The molecule has 4 heterocycles. The molecule has 3 amide bonds. The molecule has 5 aromatic rings. The van der Waals surface area contributed by atoms with Crippen molar-refractivity contribution in [1.29, 1.82) is 0 Å². The van der Waals surface area contributed by atoms with E-state index in [0.717, 1.165) is 76.6 Å². The van der Waals surface area contributed by atoms with Crippen molar-refractivity contribution in [2.45, 2.75) is 45.8 Å². The number of para-hydroxylation sites is 3. The summed E-state index contributed by atoms with van der Waals surface area (Å²) < 4.78 is 13.6. The minimum atomic E-state index is -0.433. The number of nitrogens with zero attached hydrogens (tertiary/aromatic N) is 5. The molecule has 1 atom stereocenters. The fourth-order valence-electron chi connectivity index (χ4n) is 8.54. The lowest BCUT2D eigenvalue weighted by molar-refractivity contribution is 0.0193. The number of benzene rings is 4. The van der Waals surface area contributed by atoms with Gasteiger partial charge in [-0.25, -0.2) is 4.79 Å². The van der Waals surface area contributed by atoms with Crippen molar-refractivity contribution < 1.29 is 23.9 Å². The van der Waals surface area contributed by atoms with Gasteiger partial charge in [-0.2, -0.15) is 0 Å². The first kappa shape index (κ1) is 38.9. The van der Waals surface area contributed by atoms with E-state index in [1.54, 1.807) is 11.0 Å². The molecule has 1 N–H and O–H groups in total. The third-order valence-corrected chi connectivity index (χ3v) is 12.0. The molecule has 3 aliphatic rings. The second-order valence-corrected chi connectivity index (χ2v) is 15.9. The molecule has 11 heteroatoms. The zero-order valence-electron chi connectivity index (χ0n) is 34.1. The van der Waals surface area contributed by atoms with E-state index in [-0.39, 0.29) is 17.9 Å². The molecule has 8 rings (SSSR count). The fraction of sp³-hybridized carbons (Fsp3) is 0.340. The van der Waals surface area contributed by atoms with Crippen molar-refractivity contribution in [3.63, 3.8) is 0 Å². The first-order valence-electron chi connectivity index (χ1n) is 20.2.